The molecule has 0 bridgehead atoms. The zero-order valence-electron chi connectivity index (χ0n) is 17.0. The van der Waals surface area contributed by atoms with Crippen molar-refractivity contribution in [1.29, 1.82) is 0 Å². The summed E-state index contributed by atoms with van der Waals surface area (Å²) in [6, 6.07) is 0.362. The van der Waals surface area contributed by atoms with E-state index in [4.69, 9.17) is 4.74 Å². The average molecular weight is 495 g/mol. The minimum absolute atomic E-state index is 0. The molecule has 2 fully saturated rings. The summed E-state index contributed by atoms with van der Waals surface area (Å²) in [7, 11) is 3.25. The predicted molar refractivity (Wildman–Crippen MR) is 121 cm³/mol. The van der Waals surface area contributed by atoms with Crippen molar-refractivity contribution in [3.63, 3.8) is 0 Å². The number of hydrogen-bond acceptors (Lipinski definition) is 4. The SMILES string of the molecule is CN=C(NCCCCCN1CCCCC1)NC1CCN(C(=O)OC)CC1.I. The first-order valence-electron chi connectivity index (χ1n) is 10.3. The standard InChI is InChI=1S/C19H37N5O2.HI/c1-20-18(22-17-9-15-24(16-10-17)19(25)26-2)21-11-5-3-6-12-23-13-7-4-8-14-23;/h17H,3-16H2,1-2H3,(H2,20,21,22);1H. The second kappa shape index (κ2) is 14.3. The predicted octanol–water partition coefficient (Wildman–Crippen LogP) is 2.66. The molecule has 0 radical (unpaired) electrons. The third kappa shape index (κ3) is 9.32. The second-order valence-electron chi connectivity index (χ2n) is 7.34. The Labute approximate surface area is 181 Å². The fraction of sp³-hybridized carbons (Fsp3) is 0.895. The van der Waals surface area contributed by atoms with Crippen LogP contribution in [0.3, 0.4) is 0 Å². The van der Waals surface area contributed by atoms with Crippen LogP contribution in [0.1, 0.15) is 51.4 Å². The van der Waals surface area contributed by atoms with Crippen molar-refractivity contribution in [1.82, 2.24) is 20.4 Å². The number of aliphatic imine (C=N–C) groups is 1. The first-order valence-corrected chi connectivity index (χ1v) is 10.3. The van der Waals surface area contributed by atoms with Gasteiger partial charge in [-0.05, 0) is 58.2 Å². The molecule has 27 heavy (non-hydrogen) atoms. The molecule has 0 saturated carbocycles. The monoisotopic (exact) mass is 495 g/mol. The summed E-state index contributed by atoms with van der Waals surface area (Å²) in [6.07, 6.45) is 9.51. The van der Waals surface area contributed by atoms with Gasteiger partial charge in [-0.2, -0.15) is 0 Å². The molecule has 0 atom stereocenters. The van der Waals surface area contributed by atoms with Gasteiger partial charge in [0.15, 0.2) is 5.96 Å². The number of amides is 1. The number of piperidine rings is 2. The highest BCUT2D eigenvalue weighted by Gasteiger charge is 2.23. The van der Waals surface area contributed by atoms with Gasteiger partial charge in [-0.1, -0.05) is 12.8 Å². The van der Waals surface area contributed by atoms with Gasteiger partial charge in [0, 0.05) is 32.7 Å². The van der Waals surface area contributed by atoms with Crippen molar-refractivity contribution in [2.24, 2.45) is 4.99 Å². The van der Waals surface area contributed by atoms with E-state index in [0.717, 1.165) is 38.4 Å². The van der Waals surface area contributed by atoms with E-state index < -0.39 is 0 Å². The summed E-state index contributed by atoms with van der Waals surface area (Å²) in [5.41, 5.74) is 0. The van der Waals surface area contributed by atoms with Gasteiger partial charge in [-0.15, -0.1) is 24.0 Å². The van der Waals surface area contributed by atoms with Gasteiger partial charge in [0.2, 0.25) is 0 Å². The maximum Gasteiger partial charge on any atom is 0.409 e. The molecule has 2 aliphatic rings. The molecule has 0 aromatic heterocycles. The van der Waals surface area contributed by atoms with Crippen molar-refractivity contribution < 1.29 is 9.53 Å². The van der Waals surface area contributed by atoms with E-state index in [-0.39, 0.29) is 30.1 Å². The minimum atomic E-state index is -0.226. The van der Waals surface area contributed by atoms with Crippen molar-refractivity contribution in [3.05, 3.63) is 0 Å². The lowest BCUT2D eigenvalue weighted by Gasteiger charge is -2.32. The molecule has 7 nitrogen and oxygen atoms in total. The van der Waals surface area contributed by atoms with Crippen LogP contribution in [-0.4, -0.2) is 81.3 Å². The summed E-state index contributed by atoms with van der Waals surface area (Å²) in [6.45, 7) is 6.27. The van der Waals surface area contributed by atoms with Crippen LogP contribution in [0.15, 0.2) is 4.99 Å². The average Bonchev–Trinajstić information content (AvgIpc) is 2.70. The number of guanidine groups is 1. The number of nitrogens with zero attached hydrogens (tertiary/aromatic N) is 3. The molecule has 158 valence electrons. The smallest absolute Gasteiger partial charge is 0.409 e. The lowest BCUT2D eigenvalue weighted by molar-refractivity contribution is 0.111. The van der Waals surface area contributed by atoms with Crippen LogP contribution >= 0.6 is 24.0 Å². The topological polar surface area (TPSA) is 69.2 Å². The first-order chi connectivity index (χ1) is 12.7. The number of hydrogen-bond donors (Lipinski definition) is 2. The van der Waals surface area contributed by atoms with Gasteiger partial charge in [-0.25, -0.2) is 4.79 Å². The number of carbonyl (C=O) groups is 1. The normalized spacial score (nSPS) is 19.3. The lowest BCUT2D eigenvalue weighted by Crippen LogP contribution is -2.49. The Morgan fingerprint density at radius 1 is 1.07 bits per heavy atom. The van der Waals surface area contributed by atoms with E-state index in [1.165, 1.54) is 65.3 Å². The van der Waals surface area contributed by atoms with Gasteiger partial charge in [0.1, 0.15) is 0 Å². The Kier molecular flexibility index (Phi) is 12.8. The molecule has 0 aliphatic carbocycles. The van der Waals surface area contributed by atoms with E-state index in [1.807, 2.05) is 7.05 Å². The summed E-state index contributed by atoms with van der Waals surface area (Å²) in [4.78, 5) is 20.2. The summed E-state index contributed by atoms with van der Waals surface area (Å²) in [5, 5.41) is 6.90. The first kappa shape index (κ1) is 24.3. The molecule has 2 aliphatic heterocycles. The van der Waals surface area contributed by atoms with Crippen molar-refractivity contribution in [2.45, 2.75) is 57.4 Å². The number of nitrogens with one attached hydrogen (secondary N) is 2. The number of ether oxygens (including phenoxy) is 1. The third-order valence-electron chi connectivity index (χ3n) is 5.38. The summed E-state index contributed by atoms with van der Waals surface area (Å²) < 4.78 is 4.78. The van der Waals surface area contributed by atoms with Gasteiger partial charge >= 0.3 is 6.09 Å². The third-order valence-corrected chi connectivity index (χ3v) is 5.38. The number of halogens is 1. The van der Waals surface area contributed by atoms with Gasteiger partial charge < -0.3 is 25.2 Å². The Morgan fingerprint density at radius 3 is 2.41 bits per heavy atom. The number of methoxy groups -OCH3 is 1. The Bertz CT molecular complexity index is 436. The highest BCUT2D eigenvalue weighted by molar-refractivity contribution is 14.0. The Hall–Kier alpha value is -0.770. The molecule has 0 spiro atoms. The molecule has 1 amide bonds. The van der Waals surface area contributed by atoms with E-state index in [2.05, 4.69) is 20.5 Å². The van der Waals surface area contributed by atoms with Crippen LogP contribution in [0.25, 0.3) is 0 Å². The van der Waals surface area contributed by atoms with Gasteiger partial charge in [0.05, 0.1) is 7.11 Å². The molecular formula is C19H38IN5O2. The van der Waals surface area contributed by atoms with Crippen molar-refractivity contribution >= 4 is 36.0 Å². The molecule has 2 heterocycles. The number of carbonyl (C=O) groups excluding carboxylic acids is 1. The highest BCUT2D eigenvalue weighted by atomic mass is 127. The number of likely N-dealkylation sites (tertiary alicyclic amines) is 2. The van der Waals surface area contributed by atoms with Crippen LogP contribution in [0.4, 0.5) is 4.79 Å². The van der Waals surface area contributed by atoms with Crippen LogP contribution in [0.2, 0.25) is 0 Å². The molecule has 8 heteroatoms. The molecular weight excluding hydrogens is 457 g/mol. The molecule has 2 saturated heterocycles. The summed E-state index contributed by atoms with van der Waals surface area (Å²) >= 11 is 0. The van der Waals surface area contributed by atoms with Crippen LogP contribution in [0, 0.1) is 0 Å². The summed E-state index contributed by atoms with van der Waals surface area (Å²) in [5.74, 6) is 0.873. The highest BCUT2D eigenvalue weighted by Crippen LogP contribution is 2.11. The fourth-order valence-corrected chi connectivity index (χ4v) is 3.75. The maximum atomic E-state index is 11.5. The van der Waals surface area contributed by atoms with Crippen LogP contribution < -0.4 is 10.6 Å². The van der Waals surface area contributed by atoms with Gasteiger partial charge in [0.25, 0.3) is 0 Å². The molecule has 2 rings (SSSR count). The van der Waals surface area contributed by atoms with Crippen LogP contribution in [-0.2, 0) is 4.74 Å². The second-order valence-corrected chi connectivity index (χ2v) is 7.34. The minimum Gasteiger partial charge on any atom is -0.453 e. The van der Waals surface area contributed by atoms with E-state index in [0.29, 0.717) is 6.04 Å². The molecule has 2 N–H and O–H groups in total. The Morgan fingerprint density at radius 2 is 1.78 bits per heavy atom. The van der Waals surface area contributed by atoms with Gasteiger partial charge in [-0.3, -0.25) is 4.99 Å². The van der Waals surface area contributed by atoms with Crippen molar-refractivity contribution in [3.8, 4) is 0 Å². The number of unbranched alkanes of at least 4 members (excludes halogenated alkanes) is 2. The van der Waals surface area contributed by atoms with E-state index in [1.54, 1.807) is 4.90 Å². The number of rotatable bonds is 7. The van der Waals surface area contributed by atoms with Crippen molar-refractivity contribution in [2.75, 3.05) is 53.4 Å². The molecule has 0 aromatic carbocycles. The largest absolute Gasteiger partial charge is 0.453 e. The van der Waals surface area contributed by atoms with E-state index in [9.17, 15) is 4.79 Å². The molecule has 0 aromatic rings. The fourth-order valence-electron chi connectivity index (χ4n) is 3.75. The molecule has 0 unspecified atom stereocenters. The quantitative estimate of drug-likeness (QED) is 0.246. The lowest BCUT2D eigenvalue weighted by atomic mass is 10.1. The maximum absolute atomic E-state index is 11.5. The van der Waals surface area contributed by atoms with Crippen LogP contribution in [0.5, 0.6) is 0 Å². The van der Waals surface area contributed by atoms with E-state index >= 15 is 0 Å². The zero-order chi connectivity index (χ0) is 18.6. The zero-order valence-corrected chi connectivity index (χ0v) is 19.4. The Balaban J connectivity index is 0.00000364.